The van der Waals surface area contributed by atoms with E-state index in [0.29, 0.717) is 25.1 Å². The Labute approximate surface area is 147 Å². The van der Waals surface area contributed by atoms with Gasteiger partial charge in [0, 0.05) is 19.0 Å². The minimum Gasteiger partial charge on any atom is -0.478 e. The normalized spacial score (nSPS) is 19.0. The van der Waals surface area contributed by atoms with Gasteiger partial charge in [-0.05, 0) is 54.0 Å². The first-order valence-corrected chi connectivity index (χ1v) is 8.83. The van der Waals surface area contributed by atoms with E-state index in [2.05, 4.69) is 18.2 Å². The molecule has 1 atom stereocenters. The molecule has 0 fully saturated rings. The summed E-state index contributed by atoms with van der Waals surface area (Å²) in [7, 11) is 0. The van der Waals surface area contributed by atoms with Crippen molar-refractivity contribution in [1.29, 1.82) is 0 Å². The zero-order valence-corrected chi connectivity index (χ0v) is 14.1. The number of hydrogen-bond donors (Lipinski definition) is 1. The van der Waals surface area contributed by atoms with Gasteiger partial charge >= 0.3 is 5.97 Å². The van der Waals surface area contributed by atoms with Crippen molar-refractivity contribution in [2.45, 2.75) is 32.2 Å². The number of carboxylic acids is 1. The van der Waals surface area contributed by atoms with Crippen LogP contribution in [0.15, 0.2) is 42.5 Å². The summed E-state index contributed by atoms with van der Waals surface area (Å²) in [6.07, 6.45) is 3.29. The molecule has 0 aromatic heterocycles. The number of hydrogen-bond acceptors (Lipinski definition) is 2. The lowest BCUT2D eigenvalue weighted by molar-refractivity contribution is -0.136. The number of carboxylic acid groups (broad SMARTS) is 1. The van der Waals surface area contributed by atoms with Crippen LogP contribution in [0.5, 0.6) is 0 Å². The molecule has 2 aliphatic rings. The Morgan fingerprint density at radius 2 is 1.72 bits per heavy atom. The number of nitrogens with zero attached hydrogens (tertiary/aromatic N) is 1. The van der Waals surface area contributed by atoms with Crippen LogP contribution in [0.25, 0.3) is 0 Å². The highest BCUT2D eigenvalue weighted by atomic mass is 16.4. The summed E-state index contributed by atoms with van der Waals surface area (Å²) in [5, 5.41) is 9.33. The van der Waals surface area contributed by atoms with Gasteiger partial charge in [0.05, 0.1) is 5.56 Å². The summed E-state index contributed by atoms with van der Waals surface area (Å²) < 4.78 is 0. The van der Waals surface area contributed by atoms with Gasteiger partial charge in [-0.2, -0.15) is 0 Å². The number of aromatic carboxylic acids is 1. The number of aryl methyl sites for hydroxylation is 1. The average molecular weight is 335 g/mol. The molecule has 4 nitrogen and oxygen atoms in total. The van der Waals surface area contributed by atoms with Crippen molar-refractivity contribution in [2.24, 2.45) is 5.92 Å². The molecule has 1 amide bonds. The summed E-state index contributed by atoms with van der Waals surface area (Å²) >= 11 is 0. The second-order valence-electron chi connectivity index (χ2n) is 6.97. The standard InChI is InChI=1S/C21H21NO3/c23-20(16-9-8-14-4-1-2-5-15(14)12-16)22-11-10-18-17(13-22)6-3-7-19(18)21(24)25/h1-7,16H,8-13H2,(H,24,25). The van der Waals surface area contributed by atoms with Gasteiger partial charge in [0.25, 0.3) is 0 Å². The van der Waals surface area contributed by atoms with Gasteiger partial charge in [0.1, 0.15) is 0 Å². The smallest absolute Gasteiger partial charge is 0.335 e. The first kappa shape index (κ1) is 15.9. The van der Waals surface area contributed by atoms with Gasteiger partial charge in [-0.3, -0.25) is 4.79 Å². The molecule has 128 valence electrons. The minimum absolute atomic E-state index is 0.0408. The van der Waals surface area contributed by atoms with Crippen LogP contribution in [0.4, 0.5) is 0 Å². The molecule has 1 aliphatic heterocycles. The van der Waals surface area contributed by atoms with Gasteiger partial charge < -0.3 is 10.0 Å². The second kappa shape index (κ2) is 6.36. The van der Waals surface area contributed by atoms with Crippen molar-refractivity contribution in [3.63, 3.8) is 0 Å². The molecule has 1 N–H and O–H groups in total. The Balaban J connectivity index is 1.52. The average Bonchev–Trinajstić information content (AvgIpc) is 2.66. The zero-order valence-electron chi connectivity index (χ0n) is 14.1. The van der Waals surface area contributed by atoms with Crippen LogP contribution in [-0.2, 0) is 30.6 Å². The highest BCUT2D eigenvalue weighted by Gasteiger charge is 2.31. The molecule has 1 aliphatic carbocycles. The Hall–Kier alpha value is -2.62. The number of amides is 1. The highest BCUT2D eigenvalue weighted by Crippen LogP contribution is 2.29. The molecule has 1 heterocycles. The predicted octanol–water partition coefficient (Wildman–Crippen LogP) is 3.07. The summed E-state index contributed by atoms with van der Waals surface area (Å²) in [6.45, 7) is 1.13. The topological polar surface area (TPSA) is 57.6 Å². The highest BCUT2D eigenvalue weighted by molar-refractivity contribution is 5.90. The molecule has 0 saturated carbocycles. The van der Waals surface area contributed by atoms with E-state index in [-0.39, 0.29) is 11.8 Å². The molecular formula is C21H21NO3. The van der Waals surface area contributed by atoms with Gasteiger partial charge in [0.15, 0.2) is 0 Å². The summed E-state index contributed by atoms with van der Waals surface area (Å²) in [4.78, 5) is 26.3. The number of carbonyl (C=O) groups excluding carboxylic acids is 1. The Morgan fingerprint density at radius 3 is 2.52 bits per heavy atom. The fourth-order valence-corrected chi connectivity index (χ4v) is 4.16. The van der Waals surface area contributed by atoms with E-state index in [0.717, 1.165) is 30.4 Å². The van der Waals surface area contributed by atoms with Crippen LogP contribution >= 0.6 is 0 Å². The van der Waals surface area contributed by atoms with Crippen LogP contribution in [-0.4, -0.2) is 28.4 Å². The molecule has 0 bridgehead atoms. The van der Waals surface area contributed by atoms with E-state index in [1.807, 2.05) is 17.0 Å². The molecule has 4 heteroatoms. The van der Waals surface area contributed by atoms with E-state index in [1.54, 1.807) is 12.1 Å². The summed E-state index contributed by atoms with van der Waals surface area (Å²) in [6, 6.07) is 13.7. The van der Waals surface area contributed by atoms with Crippen LogP contribution in [0.2, 0.25) is 0 Å². The Kier molecular flexibility index (Phi) is 4.04. The fraction of sp³-hybridized carbons (Fsp3) is 0.333. The molecule has 0 radical (unpaired) electrons. The number of carbonyl (C=O) groups is 2. The molecule has 0 spiro atoms. The molecule has 2 aromatic carbocycles. The van der Waals surface area contributed by atoms with Gasteiger partial charge in [-0.15, -0.1) is 0 Å². The zero-order chi connectivity index (χ0) is 17.4. The molecule has 0 saturated heterocycles. The fourth-order valence-electron chi connectivity index (χ4n) is 4.16. The van der Waals surface area contributed by atoms with Crippen molar-refractivity contribution in [1.82, 2.24) is 4.90 Å². The number of benzene rings is 2. The molecule has 2 aromatic rings. The lowest BCUT2D eigenvalue weighted by atomic mass is 9.82. The van der Waals surface area contributed by atoms with E-state index in [1.165, 1.54) is 11.1 Å². The van der Waals surface area contributed by atoms with Crippen molar-refractivity contribution < 1.29 is 14.7 Å². The third-order valence-corrected chi connectivity index (χ3v) is 5.50. The molecule has 4 rings (SSSR count). The van der Waals surface area contributed by atoms with Crippen molar-refractivity contribution in [3.8, 4) is 0 Å². The predicted molar refractivity (Wildman–Crippen MR) is 94.5 cm³/mol. The maximum atomic E-state index is 13.0. The first-order chi connectivity index (χ1) is 12.1. The minimum atomic E-state index is -0.888. The molecule has 1 unspecified atom stereocenters. The third kappa shape index (κ3) is 2.93. The quantitative estimate of drug-likeness (QED) is 0.917. The van der Waals surface area contributed by atoms with Gasteiger partial charge in [-0.1, -0.05) is 36.4 Å². The van der Waals surface area contributed by atoms with E-state index < -0.39 is 5.97 Å². The third-order valence-electron chi connectivity index (χ3n) is 5.50. The van der Waals surface area contributed by atoms with Gasteiger partial charge in [0.2, 0.25) is 5.91 Å². The van der Waals surface area contributed by atoms with Crippen LogP contribution < -0.4 is 0 Å². The van der Waals surface area contributed by atoms with Crippen molar-refractivity contribution in [2.75, 3.05) is 6.54 Å². The van der Waals surface area contributed by atoms with E-state index in [9.17, 15) is 14.7 Å². The van der Waals surface area contributed by atoms with Crippen LogP contribution in [0.1, 0.15) is 39.0 Å². The summed E-state index contributed by atoms with van der Waals surface area (Å²) in [5.74, 6) is -0.638. The monoisotopic (exact) mass is 335 g/mol. The van der Waals surface area contributed by atoms with E-state index in [4.69, 9.17) is 0 Å². The maximum absolute atomic E-state index is 13.0. The first-order valence-electron chi connectivity index (χ1n) is 8.83. The SMILES string of the molecule is O=C(O)c1cccc2c1CCN(C(=O)C1CCc3ccccc3C1)C2. The number of rotatable bonds is 2. The van der Waals surface area contributed by atoms with Gasteiger partial charge in [-0.25, -0.2) is 4.79 Å². The van der Waals surface area contributed by atoms with Crippen molar-refractivity contribution >= 4 is 11.9 Å². The second-order valence-corrected chi connectivity index (χ2v) is 6.97. The molecular weight excluding hydrogens is 314 g/mol. The van der Waals surface area contributed by atoms with Crippen molar-refractivity contribution in [3.05, 3.63) is 70.3 Å². The lowest BCUT2D eigenvalue weighted by Gasteiger charge is -2.34. The number of fused-ring (bicyclic) bond motifs is 2. The molecule has 25 heavy (non-hydrogen) atoms. The van der Waals surface area contributed by atoms with E-state index >= 15 is 0 Å². The van der Waals surface area contributed by atoms with Crippen LogP contribution in [0, 0.1) is 5.92 Å². The Morgan fingerprint density at radius 1 is 0.960 bits per heavy atom. The van der Waals surface area contributed by atoms with Crippen LogP contribution in [0.3, 0.4) is 0 Å². The lowest BCUT2D eigenvalue weighted by Crippen LogP contribution is -2.41. The Bertz CT molecular complexity index is 843. The largest absolute Gasteiger partial charge is 0.478 e. The summed E-state index contributed by atoms with van der Waals surface area (Å²) in [5.41, 5.74) is 4.87. The maximum Gasteiger partial charge on any atom is 0.335 e.